The van der Waals surface area contributed by atoms with Crippen molar-refractivity contribution < 1.29 is 4.79 Å². The van der Waals surface area contributed by atoms with E-state index in [9.17, 15) is 4.79 Å². The van der Waals surface area contributed by atoms with Crippen LogP contribution in [-0.4, -0.2) is 47.0 Å². The molecule has 4 nitrogen and oxygen atoms in total. The Hall–Kier alpha value is -2.43. The summed E-state index contributed by atoms with van der Waals surface area (Å²) in [6, 6.07) is 19.2. The normalized spacial score (nSPS) is 23.3. The molecule has 0 radical (unpaired) electrons. The largest absolute Gasteiger partial charge is 0.317 e. The number of para-hydroxylation sites is 1. The maximum Gasteiger partial charge on any atom is 0.179 e. The van der Waals surface area contributed by atoms with Gasteiger partial charge in [0, 0.05) is 30.0 Å². The summed E-state index contributed by atoms with van der Waals surface area (Å²) in [7, 11) is 0. The van der Waals surface area contributed by atoms with Gasteiger partial charge in [-0.3, -0.25) is 9.69 Å². The van der Waals surface area contributed by atoms with Gasteiger partial charge >= 0.3 is 0 Å². The van der Waals surface area contributed by atoms with Crippen LogP contribution in [0.3, 0.4) is 0 Å². The molecule has 2 saturated heterocycles. The van der Waals surface area contributed by atoms with Crippen LogP contribution in [0, 0.1) is 0 Å². The molecule has 0 bridgehead atoms. The molecular weight excluding hydrogens is 334 g/mol. The molecule has 0 spiro atoms. The maximum absolute atomic E-state index is 13.2. The zero-order valence-corrected chi connectivity index (χ0v) is 15.5. The highest BCUT2D eigenvalue weighted by atomic mass is 16.1. The van der Waals surface area contributed by atoms with Crippen LogP contribution >= 0.6 is 0 Å². The molecule has 2 aliphatic rings. The summed E-state index contributed by atoms with van der Waals surface area (Å²) in [5, 5.41) is 4.66. The molecular formula is C23H25N3O. The Kier molecular flexibility index (Phi) is 4.30. The second-order valence-electron chi connectivity index (χ2n) is 7.70. The number of aromatic nitrogens is 1. The number of Topliss-reactive ketones (excluding diaryl/α,β-unsaturated/α-hetero) is 1. The van der Waals surface area contributed by atoms with Crippen molar-refractivity contribution in [3.8, 4) is 5.69 Å². The molecule has 4 heteroatoms. The second-order valence-corrected chi connectivity index (χ2v) is 7.70. The monoisotopic (exact) mass is 359 g/mol. The number of nitrogens with one attached hydrogen (secondary N) is 1. The number of benzene rings is 2. The van der Waals surface area contributed by atoms with Crippen LogP contribution in [-0.2, 0) is 0 Å². The molecule has 27 heavy (non-hydrogen) atoms. The molecule has 3 aromatic rings. The SMILES string of the molecule is O=C(c1ccc(-n2ccc3ccccc32)cc1)C1CCCN1[C@H]1CCNC1. The predicted octanol–water partition coefficient (Wildman–Crippen LogP) is 3.64. The molecule has 2 aromatic carbocycles. The van der Waals surface area contributed by atoms with Gasteiger partial charge in [-0.1, -0.05) is 18.2 Å². The van der Waals surface area contributed by atoms with Crippen LogP contribution in [0.25, 0.3) is 16.6 Å². The van der Waals surface area contributed by atoms with Crippen molar-refractivity contribution in [1.29, 1.82) is 0 Å². The molecule has 0 amide bonds. The smallest absolute Gasteiger partial charge is 0.179 e. The first-order chi connectivity index (χ1) is 13.3. The Morgan fingerprint density at radius 3 is 2.67 bits per heavy atom. The van der Waals surface area contributed by atoms with Crippen molar-refractivity contribution in [3.63, 3.8) is 0 Å². The number of ketones is 1. The Morgan fingerprint density at radius 1 is 1.00 bits per heavy atom. The summed E-state index contributed by atoms with van der Waals surface area (Å²) in [6.07, 6.45) is 5.36. The van der Waals surface area contributed by atoms with Gasteiger partial charge in [0.05, 0.1) is 11.6 Å². The van der Waals surface area contributed by atoms with Crippen molar-refractivity contribution in [2.75, 3.05) is 19.6 Å². The lowest BCUT2D eigenvalue weighted by atomic mass is 10.0. The van der Waals surface area contributed by atoms with Crippen LogP contribution in [0.15, 0.2) is 60.8 Å². The summed E-state index contributed by atoms with van der Waals surface area (Å²) in [5.74, 6) is 0.281. The second kappa shape index (κ2) is 6.95. The molecule has 1 N–H and O–H groups in total. The third-order valence-corrected chi connectivity index (χ3v) is 6.13. The number of hydrogen-bond donors (Lipinski definition) is 1. The molecule has 0 aliphatic carbocycles. The van der Waals surface area contributed by atoms with Crippen molar-refractivity contribution in [2.24, 2.45) is 0 Å². The molecule has 1 unspecified atom stereocenters. The number of rotatable bonds is 4. The van der Waals surface area contributed by atoms with Gasteiger partial charge in [-0.2, -0.15) is 0 Å². The van der Waals surface area contributed by atoms with E-state index in [2.05, 4.69) is 63.4 Å². The van der Waals surface area contributed by atoms with Crippen molar-refractivity contribution >= 4 is 16.7 Å². The average molecular weight is 359 g/mol. The van der Waals surface area contributed by atoms with Gasteiger partial charge in [0.2, 0.25) is 0 Å². The molecule has 3 heterocycles. The van der Waals surface area contributed by atoms with Gasteiger partial charge in [-0.25, -0.2) is 0 Å². The minimum atomic E-state index is 0.0492. The van der Waals surface area contributed by atoms with E-state index in [1.54, 1.807) is 0 Å². The summed E-state index contributed by atoms with van der Waals surface area (Å²) in [4.78, 5) is 15.6. The van der Waals surface area contributed by atoms with Gasteiger partial charge in [0.1, 0.15) is 0 Å². The number of carbonyl (C=O) groups is 1. The quantitative estimate of drug-likeness (QED) is 0.723. The Morgan fingerprint density at radius 2 is 1.85 bits per heavy atom. The topological polar surface area (TPSA) is 37.3 Å². The number of fused-ring (bicyclic) bond motifs is 1. The lowest BCUT2D eigenvalue weighted by Crippen LogP contribution is -2.44. The van der Waals surface area contributed by atoms with Crippen molar-refractivity contribution in [2.45, 2.75) is 31.3 Å². The van der Waals surface area contributed by atoms with Crippen LogP contribution in [0.1, 0.15) is 29.6 Å². The molecule has 2 aliphatic heterocycles. The summed E-state index contributed by atoms with van der Waals surface area (Å²) in [5.41, 5.74) is 3.11. The van der Waals surface area contributed by atoms with Crippen LogP contribution in [0.2, 0.25) is 0 Å². The lowest BCUT2D eigenvalue weighted by molar-refractivity contribution is 0.0826. The van der Waals surface area contributed by atoms with Gasteiger partial charge in [-0.15, -0.1) is 0 Å². The molecule has 2 fully saturated rings. The number of hydrogen-bond acceptors (Lipinski definition) is 3. The van der Waals surface area contributed by atoms with E-state index in [0.717, 1.165) is 50.1 Å². The molecule has 5 rings (SSSR count). The Labute approximate surface area is 159 Å². The van der Waals surface area contributed by atoms with Gasteiger partial charge in [0.25, 0.3) is 0 Å². The summed E-state index contributed by atoms with van der Waals surface area (Å²) >= 11 is 0. The highest BCUT2D eigenvalue weighted by Crippen LogP contribution is 2.27. The Bertz CT molecular complexity index is 953. The van der Waals surface area contributed by atoms with E-state index < -0.39 is 0 Å². The zero-order valence-electron chi connectivity index (χ0n) is 15.5. The molecule has 2 atom stereocenters. The van der Waals surface area contributed by atoms with Crippen molar-refractivity contribution in [1.82, 2.24) is 14.8 Å². The third-order valence-electron chi connectivity index (χ3n) is 6.13. The number of likely N-dealkylation sites (tertiary alicyclic amines) is 1. The molecule has 1 aromatic heterocycles. The first-order valence-electron chi connectivity index (χ1n) is 9.98. The van der Waals surface area contributed by atoms with E-state index in [1.165, 1.54) is 10.9 Å². The third kappa shape index (κ3) is 2.99. The first-order valence-corrected chi connectivity index (χ1v) is 9.98. The van der Waals surface area contributed by atoms with E-state index in [0.29, 0.717) is 6.04 Å². The summed E-state index contributed by atoms with van der Waals surface area (Å²) < 4.78 is 2.18. The van der Waals surface area contributed by atoms with Crippen LogP contribution in [0.4, 0.5) is 0 Å². The molecule has 0 saturated carbocycles. The number of carbonyl (C=O) groups excluding carboxylic acids is 1. The summed E-state index contributed by atoms with van der Waals surface area (Å²) in [6.45, 7) is 3.14. The zero-order chi connectivity index (χ0) is 18.2. The minimum Gasteiger partial charge on any atom is -0.317 e. The fourth-order valence-electron chi connectivity index (χ4n) is 4.72. The van der Waals surface area contributed by atoms with E-state index in [-0.39, 0.29) is 11.8 Å². The predicted molar refractivity (Wildman–Crippen MR) is 109 cm³/mol. The lowest BCUT2D eigenvalue weighted by Gasteiger charge is -2.29. The number of nitrogens with zero attached hydrogens (tertiary/aromatic N) is 2. The van der Waals surface area contributed by atoms with Gasteiger partial charge in [-0.05, 0) is 74.1 Å². The van der Waals surface area contributed by atoms with Crippen LogP contribution in [0.5, 0.6) is 0 Å². The fraction of sp³-hybridized carbons (Fsp3) is 0.348. The highest BCUT2D eigenvalue weighted by Gasteiger charge is 2.36. The highest BCUT2D eigenvalue weighted by molar-refractivity contribution is 6.00. The van der Waals surface area contributed by atoms with Crippen LogP contribution < -0.4 is 5.32 Å². The standard InChI is InChI=1S/C23H25N3O/c27-23(22-6-3-14-25(22)20-11-13-24-16-20)18-7-9-19(10-8-18)26-15-12-17-4-1-2-5-21(17)26/h1-2,4-5,7-10,12,15,20,22,24H,3,6,11,13-14,16H2/t20-,22?/m0/s1. The Balaban J connectivity index is 1.39. The maximum atomic E-state index is 13.2. The first kappa shape index (κ1) is 16.7. The molecule has 138 valence electrons. The minimum absolute atomic E-state index is 0.0492. The fourth-order valence-corrected chi connectivity index (χ4v) is 4.72. The van der Waals surface area contributed by atoms with Crippen molar-refractivity contribution in [3.05, 3.63) is 66.4 Å². The average Bonchev–Trinajstić information content (AvgIpc) is 3.47. The van der Waals surface area contributed by atoms with E-state index >= 15 is 0 Å². The van der Waals surface area contributed by atoms with Gasteiger partial charge in [0.15, 0.2) is 5.78 Å². The van der Waals surface area contributed by atoms with E-state index in [1.807, 2.05) is 12.1 Å². The van der Waals surface area contributed by atoms with Gasteiger partial charge < -0.3 is 9.88 Å². The van der Waals surface area contributed by atoms with E-state index in [4.69, 9.17) is 0 Å².